The summed E-state index contributed by atoms with van der Waals surface area (Å²) in [5.41, 5.74) is 3.11. The van der Waals surface area contributed by atoms with E-state index in [1.807, 2.05) is 36.4 Å². The minimum atomic E-state index is -0.366. The van der Waals surface area contributed by atoms with E-state index in [2.05, 4.69) is 0 Å². The molecule has 1 saturated heterocycles. The minimum absolute atomic E-state index is 0.110. The monoisotopic (exact) mass is 529 g/mol. The molecule has 1 heterocycles. The van der Waals surface area contributed by atoms with Gasteiger partial charge in [-0.25, -0.2) is 0 Å². The first-order chi connectivity index (χ1) is 16.8. The lowest BCUT2D eigenvalue weighted by molar-refractivity contribution is -0.123. The molecule has 0 N–H and O–H groups in total. The van der Waals surface area contributed by atoms with Gasteiger partial charge < -0.3 is 14.2 Å². The Labute approximate surface area is 217 Å². The summed E-state index contributed by atoms with van der Waals surface area (Å²) < 4.78 is 16.3. The molecule has 1 fully saturated rings. The van der Waals surface area contributed by atoms with E-state index in [0.717, 1.165) is 28.5 Å². The van der Waals surface area contributed by atoms with Crippen LogP contribution >= 0.6 is 35.0 Å². The number of nitrogens with zero attached hydrogens (tertiary/aromatic N) is 1. The SMILES string of the molecule is COc1ccc(-c2cc(/C=C3/SC(=O)N(Cc4ccc(Cl)c(Cl)c4)C3=O)ccc2OC)cc1OC. The molecule has 2 amide bonds. The second kappa shape index (κ2) is 10.6. The molecule has 0 aliphatic carbocycles. The van der Waals surface area contributed by atoms with Gasteiger partial charge >= 0.3 is 0 Å². The lowest BCUT2D eigenvalue weighted by atomic mass is 10.0. The van der Waals surface area contributed by atoms with Gasteiger partial charge in [-0.2, -0.15) is 0 Å². The molecule has 6 nitrogen and oxygen atoms in total. The molecule has 0 aromatic heterocycles. The van der Waals surface area contributed by atoms with Crippen molar-refractivity contribution < 1.29 is 23.8 Å². The first-order valence-corrected chi connectivity index (χ1v) is 12.0. The molecule has 3 aromatic rings. The minimum Gasteiger partial charge on any atom is -0.496 e. The van der Waals surface area contributed by atoms with E-state index in [0.29, 0.717) is 37.8 Å². The number of rotatable bonds is 7. The van der Waals surface area contributed by atoms with Crippen LogP contribution in [0, 0.1) is 0 Å². The maximum atomic E-state index is 13.0. The summed E-state index contributed by atoms with van der Waals surface area (Å²) in [6, 6.07) is 16.1. The molecule has 0 atom stereocenters. The summed E-state index contributed by atoms with van der Waals surface area (Å²) in [4.78, 5) is 27.1. The van der Waals surface area contributed by atoms with Crippen LogP contribution in [0.5, 0.6) is 17.2 Å². The number of ether oxygens (including phenoxy) is 3. The van der Waals surface area contributed by atoms with Gasteiger partial charge in [0.05, 0.1) is 42.8 Å². The first-order valence-electron chi connectivity index (χ1n) is 10.4. The van der Waals surface area contributed by atoms with Crippen LogP contribution in [0.25, 0.3) is 17.2 Å². The van der Waals surface area contributed by atoms with Crippen molar-refractivity contribution in [1.82, 2.24) is 4.90 Å². The predicted molar refractivity (Wildman–Crippen MR) is 140 cm³/mol. The molecule has 0 bridgehead atoms. The van der Waals surface area contributed by atoms with E-state index in [9.17, 15) is 9.59 Å². The Morgan fingerprint density at radius 2 is 1.54 bits per heavy atom. The van der Waals surface area contributed by atoms with Gasteiger partial charge in [-0.15, -0.1) is 0 Å². The van der Waals surface area contributed by atoms with Crippen LogP contribution in [0.4, 0.5) is 4.79 Å². The number of imide groups is 1. The number of benzene rings is 3. The van der Waals surface area contributed by atoms with Gasteiger partial charge in [0.25, 0.3) is 11.1 Å². The van der Waals surface area contributed by atoms with Gasteiger partial charge in [0.2, 0.25) is 0 Å². The summed E-state index contributed by atoms with van der Waals surface area (Å²) in [6.07, 6.45) is 1.70. The molecule has 0 spiro atoms. The van der Waals surface area contributed by atoms with Crippen molar-refractivity contribution >= 4 is 52.2 Å². The predicted octanol–water partition coefficient (Wildman–Crippen LogP) is 6.92. The Bertz CT molecular complexity index is 1340. The van der Waals surface area contributed by atoms with Crippen LogP contribution in [0.1, 0.15) is 11.1 Å². The molecule has 0 saturated carbocycles. The van der Waals surface area contributed by atoms with Crippen molar-refractivity contribution in [3.8, 4) is 28.4 Å². The number of carbonyl (C=O) groups is 2. The molecule has 9 heteroatoms. The van der Waals surface area contributed by atoms with E-state index in [-0.39, 0.29) is 17.7 Å². The van der Waals surface area contributed by atoms with Crippen LogP contribution in [-0.4, -0.2) is 37.4 Å². The zero-order valence-electron chi connectivity index (χ0n) is 19.1. The smallest absolute Gasteiger partial charge is 0.293 e. The van der Waals surface area contributed by atoms with Gasteiger partial charge in [0.1, 0.15) is 5.75 Å². The average molecular weight is 530 g/mol. The Hall–Kier alpha value is -3.13. The normalized spacial score (nSPS) is 14.5. The van der Waals surface area contributed by atoms with Crippen molar-refractivity contribution in [3.05, 3.63) is 80.7 Å². The molecular formula is C26H21Cl2NO5S. The standard InChI is InChI=1S/C26H21Cl2NO5S/c1-32-21-8-5-15(10-18(21)17-6-9-22(33-2)23(13-17)34-3)12-24-25(30)29(26(31)35-24)14-16-4-7-19(27)20(28)11-16/h4-13H,14H2,1-3H3/b24-12+. The Balaban J connectivity index is 1.64. The summed E-state index contributed by atoms with van der Waals surface area (Å²) >= 11 is 12.9. The highest BCUT2D eigenvalue weighted by molar-refractivity contribution is 8.18. The highest BCUT2D eigenvalue weighted by Crippen LogP contribution is 2.39. The van der Waals surface area contributed by atoms with Crippen molar-refractivity contribution in [1.29, 1.82) is 0 Å². The third-order valence-corrected chi connectivity index (χ3v) is 7.06. The zero-order chi connectivity index (χ0) is 25.1. The molecule has 1 aliphatic rings. The topological polar surface area (TPSA) is 65.1 Å². The van der Waals surface area contributed by atoms with E-state index >= 15 is 0 Å². The van der Waals surface area contributed by atoms with E-state index in [4.69, 9.17) is 37.4 Å². The van der Waals surface area contributed by atoms with Crippen LogP contribution in [0.2, 0.25) is 10.0 Å². The summed E-state index contributed by atoms with van der Waals surface area (Å²) in [6.45, 7) is 0.110. The molecule has 4 rings (SSSR count). The van der Waals surface area contributed by atoms with Crippen molar-refractivity contribution in [3.63, 3.8) is 0 Å². The van der Waals surface area contributed by atoms with E-state index < -0.39 is 0 Å². The van der Waals surface area contributed by atoms with Gasteiger partial charge in [-0.3, -0.25) is 14.5 Å². The molecule has 35 heavy (non-hydrogen) atoms. The van der Waals surface area contributed by atoms with Crippen LogP contribution in [0.3, 0.4) is 0 Å². The third kappa shape index (κ3) is 5.27. The number of thioether (sulfide) groups is 1. The van der Waals surface area contributed by atoms with E-state index in [1.165, 1.54) is 4.90 Å². The number of carbonyl (C=O) groups excluding carboxylic acids is 2. The van der Waals surface area contributed by atoms with Crippen LogP contribution in [-0.2, 0) is 11.3 Å². The van der Waals surface area contributed by atoms with Crippen molar-refractivity contribution in [2.24, 2.45) is 0 Å². The zero-order valence-corrected chi connectivity index (χ0v) is 21.5. The fourth-order valence-corrected chi connectivity index (χ4v) is 4.81. The quantitative estimate of drug-likeness (QED) is 0.309. The fraction of sp³-hybridized carbons (Fsp3) is 0.154. The van der Waals surface area contributed by atoms with Crippen molar-refractivity contribution in [2.45, 2.75) is 6.54 Å². The molecule has 3 aromatic carbocycles. The second-order valence-corrected chi connectivity index (χ2v) is 9.35. The first kappa shape index (κ1) is 25.0. The van der Waals surface area contributed by atoms with Gasteiger partial charge in [0.15, 0.2) is 11.5 Å². The van der Waals surface area contributed by atoms with Gasteiger partial charge in [-0.1, -0.05) is 41.4 Å². The maximum Gasteiger partial charge on any atom is 0.293 e. The molecule has 0 unspecified atom stereocenters. The lowest BCUT2D eigenvalue weighted by Crippen LogP contribution is -2.27. The van der Waals surface area contributed by atoms with Crippen LogP contribution in [0.15, 0.2) is 59.5 Å². The Morgan fingerprint density at radius 1 is 0.829 bits per heavy atom. The number of amides is 2. The Kier molecular flexibility index (Phi) is 7.60. The number of methoxy groups -OCH3 is 3. The summed E-state index contributed by atoms with van der Waals surface area (Å²) in [5.74, 6) is 1.49. The second-order valence-electron chi connectivity index (χ2n) is 7.55. The average Bonchev–Trinajstić information content (AvgIpc) is 3.12. The van der Waals surface area contributed by atoms with E-state index in [1.54, 1.807) is 45.6 Å². The third-order valence-electron chi connectivity index (χ3n) is 5.41. The number of halogens is 2. The number of hydrogen-bond donors (Lipinski definition) is 0. The summed E-state index contributed by atoms with van der Waals surface area (Å²) in [5, 5.41) is 0.433. The summed E-state index contributed by atoms with van der Waals surface area (Å²) in [7, 11) is 4.74. The highest BCUT2D eigenvalue weighted by atomic mass is 35.5. The number of hydrogen-bond acceptors (Lipinski definition) is 6. The van der Waals surface area contributed by atoms with Crippen molar-refractivity contribution in [2.75, 3.05) is 21.3 Å². The maximum absolute atomic E-state index is 13.0. The largest absolute Gasteiger partial charge is 0.496 e. The fourth-order valence-electron chi connectivity index (χ4n) is 3.65. The highest BCUT2D eigenvalue weighted by Gasteiger charge is 2.35. The van der Waals surface area contributed by atoms with Crippen LogP contribution < -0.4 is 14.2 Å². The Morgan fingerprint density at radius 3 is 2.23 bits per heavy atom. The molecular weight excluding hydrogens is 509 g/mol. The molecule has 0 radical (unpaired) electrons. The van der Waals surface area contributed by atoms with Gasteiger partial charge in [0, 0.05) is 5.56 Å². The van der Waals surface area contributed by atoms with Gasteiger partial charge in [-0.05, 0) is 70.9 Å². The molecule has 1 aliphatic heterocycles. The molecule has 180 valence electrons. The lowest BCUT2D eigenvalue weighted by Gasteiger charge is -2.13.